The maximum Gasteiger partial charge on any atom is 0.261 e. The molecule has 1 heterocycles. The van der Waals surface area contributed by atoms with Crippen molar-refractivity contribution < 1.29 is 13.9 Å². The minimum Gasteiger partial charge on any atom is -0.478 e. The lowest BCUT2D eigenvalue weighted by Crippen LogP contribution is -2.36. The first-order valence-corrected chi connectivity index (χ1v) is 8.19. The van der Waals surface area contributed by atoms with Crippen LogP contribution in [0.3, 0.4) is 0 Å². The monoisotopic (exact) mass is 351 g/mol. The molecule has 26 heavy (non-hydrogen) atoms. The molecule has 0 aliphatic carbocycles. The summed E-state index contributed by atoms with van der Waals surface area (Å²) in [5.41, 5.74) is 2.42. The lowest BCUT2D eigenvalue weighted by atomic mass is 10.1. The van der Waals surface area contributed by atoms with Crippen LogP contribution in [-0.2, 0) is 11.3 Å². The number of para-hydroxylation sites is 1. The normalized spacial score (nSPS) is 11.6. The number of hydrogen-bond donors (Lipinski definition) is 1. The van der Waals surface area contributed by atoms with Crippen LogP contribution in [0.15, 0.2) is 67.0 Å². The Morgan fingerprint density at radius 3 is 2.62 bits per heavy atom. The Bertz CT molecular complexity index is 887. The molecule has 0 radical (unpaired) electrons. The fourth-order valence-electron chi connectivity index (χ4n) is 2.37. The Morgan fingerprint density at radius 2 is 1.85 bits per heavy atom. The topological polar surface area (TPSA) is 64.1 Å². The summed E-state index contributed by atoms with van der Waals surface area (Å²) >= 11 is 0. The zero-order chi connectivity index (χ0) is 18.4. The molecule has 132 valence electrons. The highest BCUT2D eigenvalue weighted by molar-refractivity contribution is 5.80. The van der Waals surface area contributed by atoms with Gasteiger partial charge in [0.2, 0.25) is 0 Å². The number of aromatic nitrogens is 2. The van der Waals surface area contributed by atoms with Crippen molar-refractivity contribution in [1.29, 1.82) is 0 Å². The van der Waals surface area contributed by atoms with Crippen LogP contribution < -0.4 is 10.1 Å². The molecule has 0 fully saturated rings. The second kappa shape index (κ2) is 8.20. The number of hydrogen-bond acceptors (Lipinski definition) is 4. The minimum absolute atomic E-state index is 0.0450. The Hall–Kier alpha value is -3.28. The predicted molar refractivity (Wildman–Crippen MR) is 95.8 cm³/mol. The molecule has 0 saturated heterocycles. The second-order valence-electron chi connectivity index (χ2n) is 5.67. The largest absolute Gasteiger partial charge is 0.478 e. The molecule has 0 aliphatic heterocycles. The molecular weight excluding hydrogens is 333 g/mol. The summed E-state index contributed by atoms with van der Waals surface area (Å²) in [5, 5.41) is 2.74. The number of carbonyl (C=O) groups is 1. The summed E-state index contributed by atoms with van der Waals surface area (Å²) < 4.78 is 19.0. The third kappa shape index (κ3) is 4.42. The number of benzene rings is 2. The van der Waals surface area contributed by atoms with Crippen LogP contribution in [-0.4, -0.2) is 22.0 Å². The summed E-state index contributed by atoms with van der Waals surface area (Å²) in [6.07, 6.45) is 0.630. The van der Waals surface area contributed by atoms with Gasteiger partial charge < -0.3 is 10.1 Å². The average Bonchev–Trinajstić information content (AvgIpc) is 2.68. The van der Waals surface area contributed by atoms with E-state index in [1.165, 1.54) is 18.5 Å². The molecule has 5 nitrogen and oxygen atoms in total. The zero-order valence-corrected chi connectivity index (χ0v) is 14.2. The zero-order valence-electron chi connectivity index (χ0n) is 14.2. The number of carbonyl (C=O) groups excluding carboxylic acids is 1. The van der Waals surface area contributed by atoms with Crippen LogP contribution in [0.4, 0.5) is 4.39 Å². The summed E-state index contributed by atoms with van der Waals surface area (Å²) in [5.74, 6) is -0.813. The molecule has 1 unspecified atom stereocenters. The lowest BCUT2D eigenvalue weighted by molar-refractivity contribution is -0.127. The van der Waals surface area contributed by atoms with Crippen LogP contribution in [0.1, 0.15) is 12.6 Å². The van der Waals surface area contributed by atoms with Gasteiger partial charge in [0.1, 0.15) is 6.33 Å². The summed E-state index contributed by atoms with van der Waals surface area (Å²) in [6, 6.07) is 17.5. The van der Waals surface area contributed by atoms with Crippen LogP contribution in [0.2, 0.25) is 0 Å². The highest BCUT2D eigenvalue weighted by Gasteiger charge is 2.16. The molecule has 1 amide bonds. The van der Waals surface area contributed by atoms with Crippen LogP contribution in [0.25, 0.3) is 11.3 Å². The van der Waals surface area contributed by atoms with E-state index in [2.05, 4.69) is 15.3 Å². The smallest absolute Gasteiger partial charge is 0.261 e. The van der Waals surface area contributed by atoms with Gasteiger partial charge in [0.15, 0.2) is 17.7 Å². The van der Waals surface area contributed by atoms with E-state index in [0.717, 1.165) is 11.3 Å². The molecule has 1 atom stereocenters. The highest BCUT2D eigenvalue weighted by atomic mass is 19.1. The second-order valence-corrected chi connectivity index (χ2v) is 5.67. The maximum absolute atomic E-state index is 13.6. The number of amides is 1. The van der Waals surface area contributed by atoms with Gasteiger partial charge >= 0.3 is 0 Å². The molecule has 0 aliphatic rings. The minimum atomic E-state index is -0.831. The standard InChI is InChI=1S/C20H18FN3O2/c1-14(26-19-10-6-5-9-17(19)21)20(25)22-12-16-11-18(24-13-23-16)15-7-3-2-4-8-15/h2-11,13-14H,12H2,1H3,(H,22,25). The van der Waals surface area contributed by atoms with E-state index in [-0.39, 0.29) is 18.2 Å². The number of halogens is 1. The van der Waals surface area contributed by atoms with Crippen molar-refractivity contribution in [3.05, 3.63) is 78.5 Å². The molecule has 1 N–H and O–H groups in total. The number of nitrogens with zero attached hydrogens (tertiary/aromatic N) is 2. The van der Waals surface area contributed by atoms with Gasteiger partial charge in [-0.25, -0.2) is 14.4 Å². The van der Waals surface area contributed by atoms with Crippen LogP contribution >= 0.6 is 0 Å². The maximum atomic E-state index is 13.6. The Kier molecular flexibility index (Phi) is 5.53. The first-order valence-electron chi connectivity index (χ1n) is 8.19. The van der Waals surface area contributed by atoms with Gasteiger partial charge in [0.25, 0.3) is 5.91 Å². The van der Waals surface area contributed by atoms with E-state index in [9.17, 15) is 9.18 Å². The molecule has 6 heteroatoms. The van der Waals surface area contributed by atoms with Gasteiger partial charge in [-0.3, -0.25) is 4.79 Å². The van der Waals surface area contributed by atoms with E-state index in [1.54, 1.807) is 19.1 Å². The van der Waals surface area contributed by atoms with E-state index in [0.29, 0.717) is 5.69 Å². The molecular formula is C20H18FN3O2. The quantitative estimate of drug-likeness (QED) is 0.740. The van der Waals surface area contributed by atoms with Gasteiger partial charge in [-0.2, -0.15) is 0 Å². The Morgan fingerprint density at radius 1 is 1.12 bits per heavy atom. The Labute approximate surface area is 150 Å². The van der Waals surface area contributed by atoms with E-state index in [4.69, 9.17) is 4.74 Å². The predicted octanol–water partition coefficient (Wildman–Crippen LogP) is 3.37. The lowest BCUT2D eigenvalue weighted by Gasteiger charge is -2.15. The SMILES string of the molecule is CC(Oc1ccccc1F)C(=O)NCc1cc(-c2ccccc2)ncn1. The van der Waals surface area contributed by atoms with Crippen molar-refractivity contribution in [2.75, 3.05) is 0 Å². The average molecular weight is 351 g/mol. The third-order valence-corrected chi connectivity index (χ3v) is 3.75. The first kappa shape index (κ1) is 17.5. The van der Waals surface area contributed by atoms with Crippen molar-refractivity contribution in [1.82, 2.24) is 15.3 Å². The Balaban J connectivity index is 1.60. The van der Waals surface area contributed by atoms with Gasteiger partial charge in [-0.1, -0.05) is 42.5 Å². The van der Waals surface area contributed by atoms with Gasteiger partial charge in [-0.15, -0.1) is 0 Å². The molecule has 0 bridgehead atoms. The molecule has 3 aromatic rings. The van der Waals surface area contributed by atoms with Crippen LogP contribution in [0, 0.1) is 5.82 Å². The van der Waals surface area contributed by atoms with Crippen molar-refractivity contribution in [2.24, 2.45) is 0 Å². The third-order valence-electron chi connectivity index (χ3n) is 3.75. The van der Waals surface area contributed by atoms with Gasteiger partial charge in [0, 0.05) is 5.56 Å². The molecule has 0 saturated carbocycles. The van der Waals surface area contributed by atoms with Crippen molar-refractivity contribution in [2.45, 2.75) is 19.6 Å². The highest BCUT2D eigenvalue weighted by Crippen LogP contribution is 2.18. The van der Waals surface area contributed by atoms with Crippen molar-refractivity contribution >= 4 is 5.91 Å². The van der Waals surface area contributed by atoms with E-state index in [1.807, 2.05) is 36.4 Å². The van der Waals surface area contributed by atoms with E-state index >= 15 is 0 Å². The summed E-state index contributed by atoms with van der Waals surface area (Å²) in [6.45, 7) is 1.79. The van der Waals surface area contributed by atoms with Gasteiger partial charge in [-0.05, 0) is 25.1 Å². The molecule has 1 aromatic heterocycles. The number of nitrogens with one attached hydrogen (secondary N) is 1. The number of ether oxygens (including phenoxy) is 1. The van der Waals surface area contributed by atoms with Gasteiger partial charge in [0.05, 0.1) is 17.9 Å². The molecule has 2 aromatic carbocycles. The number of rotatable bonds is 6. The fraction of sp³-hybridized carbons (Fsp3) is 0.150. The fourth-order valence-corrected chi connectivity index (χ4v) is 2.37. The van der Waals surface area contributed by atoms with E-state index < -0.39 is 11.9 Å². The van der Waals surface area contributed by atoms with Crippen molar-refractivity contribution in [3.8, 4) is 17.0 Å². The summed E-state index contributed by atoms with van der Waals surface area (Å²) in [7, 11) is 0. The molecule has 3 rings (SSSR count). The summed E-state index contributed by atoms with van der Waals surface area (Å²) in [4.78, 5) is 20.6. The first-order chi connectivity index (χ1) is 12.6. The van der Waals surface area contributed by atoms with Crippen molar-refractivity contribution in [3.63, 3.8) is 0 Å². The molecule has 0 spiro atoms. The van der Waals surface area contributed by atoms with Crippen LogP contribution in [0.5, 0.6) is 5.75 Å².